The summed E-state index contributed by atoms with van der Waals surface area (Å²) in [5.74, 6) is -2.54. The molecule has 1 aromatic rings. The summed E-state index contributed by atoms with van der Waals surface area (Å²) in [6.45, 7) is 0. The van der Waals surface area contributed by atoms with Crippen molar-refractivity contribution in [3.8, 4) is 0 Å². The van der Waals surface area contributed by atoms with Crippen molar-refractivity contribution < 1.29 is 18.5 Å². The highest BCUT2D eigenvalue weighted by Crippen LogP contribution is 2.20. The van der Waals surface area contributed by atoms with Crippen LogP contribution in [-0.4, -0.2) is 11.2 Å². The van der Waals surface area contributed by atoms with E-state index in [-0.39, 0.29) is 12.0 Å². The summed E-state index contributed by atoms with van der Waals surface area (Å²) in [4.78, 5) is 19.5. The minimum atomic E-state index is -1.32. The number of aldehydes is 1. The second-order valence-electron chi connectivity index (χ2n) is 2.53. The van der Waals surface area contributed by atoms with E-state index in [0.717, 1.165) is 6.07 Å². The lowest BCUT2D eigenvalue weighted by molar-refractivity contribution is -0.385. The molecule has 0 unspecified atom stereocenters. The maximum absolute atomic E-state index is 12.9. The van der Waals surface area contributed by atoms with Gasteiger partial charge in [-0.25, -0.2) is 8.78 Å². The zero-order chi connectivity index (χ0) is 10.7. The van der Waals surface area contributed by atoms with Crippen LogP contribution in [0.1, 0.15) is 5.56 Å². The number of nitro groups is 1. The Bertz CT molecular complexity index is 392. The number of nitrogens with zero attached hydrogens (tertiary/aromatic N) is 1. The lowest BCUT2D eigenvalue weighted by Gasteiger charge is -1.99. The fraction of sp³-hybridized carbons (Fsp3) is 0.125. The molecule has 0 bridgehead atoms. The molecule has 1 aromatic carbocycles. The van der Waals surface area contributed by atoms with E-state index in [9.17, 15) is 23.7 Å². The Morgan fingerprint density at radius 2 is 2.07 bits per heavy atom. The predicted molar refractivity (Wildman–Crippen MR) is 42.8 cm³/mol. The Kier molecular flexibility index (Phi) is 2.85. The molecule has 0 spiro atoms. The van der Waals surface area contributed by atoms with Crippen molar-refractivity contribution in [2.75, 3.05) is 0 Å². The number of carbonyl (C=O) groups excluding carboxylic acids is 1. The molecular weight excluding hydrogens is 196 g/mol. The van der Waals surface area contributed by atoms with Crippen LogP contribution in [0, 0.1) is 21.7 Å². The molecule has 0 saturated carbocycles. The van der Waals surface area contributed by atoms with Crippen LogP contribution in [0.2, 0.25) is 0 Å². The minimum absolute atomic E-state index is 0.313. The zero-order valence-corrected chi connectivity index (χ0v) is 6.87. The van der Waals surface area contributed by atoms with E-state index < -0.39 is 22.2 Å². The highest BCUT2D eigenvalue weighted by molar-refractivity contribution is 5.56. The van der Waals surface area contributed by atoms with Crippen molar-refractivity contribution in [2.45, 2.75) is 6.42 Å². The van der Waals surface area contributed by atoms with Gasteiger partial charge >= 0.3 is 0 Å². The molecule has 0 aliphatic heterocycles. The van der Waals surface area contributed by atoms with Crippen LogP contribution in [0.25, 0.3) is 0 Å². The molecule has 0 aliphatic carbocycles. The van der Waals surface area contributed by atoms with Crippen LogP contribution in [0.3, 0.4) is 0 Å². The fourth-order valence-electron chi connectivity index (χ4n) is 0.974. The van der Waals surface area contributed by atoms with Gasteiger partial charge in [-0.05, 0) is 0 Å². The number of carbonyl (C=O) groups is 1. The summed E-state index contributed by atoms with van der Waals surface area (Å²) in [5.41, 5.74) is -0.882. The average molecular weight is 201 g/mol. The Morgan fingerprint density at radius 1 is 1.43 bits per heavy atom. The molecule has 0 atom stereocenters. The fourth-order valence-corrected chi connectivity index (χ4v) is 0.974. The summed E-state index contributed by atoms with van der Waals surface area (Å²) >= 11 is 0. The van der Waals surface area contributed by atoms with E-state index in [0.29, 0.717) is 12.4 Å². The first-order chi connectivity index (χ1) is 6.56. The number of non-ortho nitro benzene ring substituents is 1. The molecule has 4 nitrogen and oxygen atoms in total. The Morgan fingerprint density at radius 3 is 2.57 bits per heavy atom. The van der Waals surface area contributed by atoms with Gasteiger partial charge in [0.05, 0.1) is 11.0 Å². The number of halogens is 2. The van der Waals surface area contributed by atoms with Gasteiger partial charge < -0.3 is 4.79 Å². The number of rotatable bonds is 3. The van der Waals surface area contributed by atoms with Crippen LogP contribution in [0.4, 0.5) is 14.5 Å². The van der Waals surface area contributed by atoms with Crippen molar-refractivity contribution >= 4 is 12.0 Å². The Hall–Kier alpha value is -1.85. The van der Waals surface area contributed by atoms with Crippen molar-refractivity contribution in [3.05, 3.63) is 39.4 Å². The number of hydrogen-bond donors (Lipinski definition) is 0. The normalized spacial score (nSPS) is 9.86. The molecule has 0 fully saturated rings. The van der Waals surface area contributed by atoms with Gasteiger partial charge in [0.15, 0.2) is 11.6 Å². The van der Waals surface area contributed by atoms with Crippen molar-refractivity contribution in [1.82, 2.24) is 0 Å². The molecule has 1 rings (SSSR count). The van der Waals surface area contributed by atoms with Gasteiger partial charge in [-0.15, -0.1) is 0 Å². The highest BCUT2D eigenvalue weighted by atomic mass is 19.2. The third-order valence-corrected chi connectivity index (χ3v) is 1.60. The Labute approximate surface area is 77.3 Å². The summed E-state index contributed by atoms with van der Waals surface area (Å²) < 4.78 is 25.6. The van der Waals surface area contributed by atoms with Gasteiger partial charge in [0.25, 0.3) is 5.69 Å². The zero-order valence-electron chi connectivity index (χ0n) is 6.87. The lowest BCUT2D eigenvalue weighted by atomic mass is 10.1. The summed E-state index contributed by atoms with van der Waals surface area (Å²) in [6, 6.07) is 1.32. The summed E-state index contributed by atoms with van der Waals surface area (Å²) in [7, 11) is 0. The van der Waals surface area contributed by atoms with E-state index in [1.807, 2.05) is 0 Å². The highest BCUT2D eigenvalue weighted by Gasteiger charge is 2.16. The molecule has 0 radical (unpaired) electrons. The monoisotopic (exact) mass is 201 g/mol. The van der Waals surface area contributed by atoms with Gasteiger partial charge in [0.1, 0.15) is 6.29 Å². The molecule has 74 valence electrons. The first-order valence-electron chi connectivity index (χ1n) is 3.62. The standard InChI is InChI=1S/C8H5F2NO3/c9-7-4-6(11(13)14)3-5(1-2-12)8(7)10/h2-4H,1H2. The molecule has 0 heterocycles. The van der Waals surface area contributed by atoms with Crippen LogP contribution >= 0.6 is 0 Å². The molecule has 0 aromatic heterocycles. The van der Waals surface area contributed by atoms with Crippen molar-refractivity contribution in [2.24, 2.45) is 0 Å². The minimum Gasteiger partial charge on any atom is -0.303 e. The van der Waals surface area contributed by atoms with Gasteiger partial charge in [-0.1, -0.05) is 0 Å². The lowest BCUT2D eigenvalue weighted by Crippen LogP contribution is -1.98. The molecule has 0 saturated heterocycles. The second kappa shape index (κ2) is 3.91. The van der Waals surface area contributed by atoms with Crippen molar-refractivity contribution in [3.63, 3.8) is 0 Å². The van der Waals surface area contributed by atoms with Gasteiger partial charge in [-0.3, -0.25) is 10.1 Å². The third-order valence-electron chi connectivity index (χ3n) is 1.60. The van der Waals surface area contributed by atoms with Crippen LogP contribution < -0.4 is 0 Å². The first kappa shape index (κ1) is 10.2. The van der Waals surface area contributed by atoms with E-state index in [1.165, 1.54) is 0 Å². The molecule has 6 heteroatoms. The smallest absolute Gasteiger partial charge is 0.272 e. The maximum atomic E-state index is 12.9. The maximum Gasteiger partial charge on any atom is 0.272 e. The quantitative estimate of drug-likeness (QED) is 0.424. The molecule has 0 N–H and O–H groups in total. The first-order valence-corrected chi connectivity index (χ1v) is 3.62. The van der Waals surface area contributed by atoms with E-state index >= 15 is 0 Å². The molecule has 0 aliphatic rings. The van der Waals surface area contributed by atoms with Crippen LogP contribution in [-0.2, 0) is 11.2 Å². The number of benzene rings is 1. The molecular formula is C8H5F2NO3. The van der Waals surface area contributed by atoms with Crippen LogP contribution in [0.15, 0.2) is 12.1 Å². The summed E-state index contributed by atoms with van der Waals surface area (Å²) in [6.07, 6.45) is -0.0357. The molecule has 0 amide bonds. The Balaban J connectivity index is 3.27. The topological polar surface area (TPSA) is 60.2 Å². The van der Waals surface area contributed by atoms with Gasteiger partial charge in [-0.2, -0.15) is 0 Å². The predicted octanol–water partition coefficient (Wildman–Crippen LogP) is 1.61. The van der Waals surface area contributed by atoms with Gasteiger partial charge in [0.2, 0.25) is 0 Å². The third kappa shape index (κ3) is 1.90. The molecule has 14 heavy (non-hydrogen) atoms. The van der Waals surface area contributed by atoms with Crippen LogP contribution in [0.5, 0.6) is 0 Å². The van der Waals surface area contributed by atoms with E-state index in [2.05, 4.69) is 0 Å². The van der Waals surface area contributed by atoms with E-state index in [4.69, 9.17) is 0 Å². The SMILES string of the molecule is O=CCc1cc([N+](=O)[O-])cc(F)c1F. The van der Waals surface area contributed by atoms with E-state index in [1.54, 1.807) is 0 Å². The largest absolute Gasteiger partial charge is 0.303 e. The number of nitro benzene ring substituents is 1. The second-order valence-corrected chi connectivity index (χ2v) is 2.53. The van der Waals surface area contributed by atoms with Gasteiger partial charge in [0, 0.05) is 18.1 Å². The van der Waals surface area contributed by atoms with Crippen molar-refractivity contribution in [1.29, 1.82) is 0 Å². The average Bonchev–Trinajstić information content (AvgIpc) is 2.12. The summed E-state index contributed by atoms with van der Waals surface area (Å²) in [5, 5.41) is 10.2. The number of hydrogen-bond acceptors (Lipinski definition) is 3.